The summed E-state index contributed by atoms with van der Waals surface area (Å²) in [5.41, 5.74) is 0.0494. The lowest BCUT2D eigenvalue weighted by Gasteiger charge is -2.35. The van der Waals surface area contributed by atoms with Gasteiger partial charge in [-0.15, -0.1) is 0 Å². The molecule has 1 saturated heterocycles. The Morgan fingerprint density at radius 2 is 1.55 bits per heavy atom. The van der Waals surface area contributed by atoms with E-state index in [0.717, 1.165) is 0 Å². The van der Waals surface area contributed by atoms with Gasteiger partial charge < -0.3 is 9.47 Å². The van der Waals surface area contributed by atoms with Crippen molar-refractivity contribution in [1.82, 2.24) is 4.90 Å². The highest BCUT2D eigenvalue weighted by atomic mass is 16.5. The summed E-state index contributed by atoms with van der Waals surface area (Å²) in [6.07, 6.45) is 7.41. The van der Waals surface area contributed by atoms with E-state index in [9.17, 15) is 14.4 Å². The third-order valence-corrected chi connectivity index (χ3v) is 7.24. The zero-order valence-corrected chi connectivity index (χ0v) is 18.8. The number of nitrogens with zero attached hydrogens (tertiary/aromatic N) is 1. The van der Waals surface area contributed by atoms with E-state index in [1.54, 1.807) is 55.5 Å². The predicted molar refractivity (Wildman–Crippen MR) is 123 cm³/mol. The SMILES string of the molecule is COc1ccc([C@H]2[C@H](C(=O)C3C=CC=C3)CN(C)C23C(=O)c2ccccc2C3=O)cc1OC. The quantitative estimate of drug-likeness (QED) is 0.659. The van der Waals surface area contributed by atoms with Crippen LogP contribution in [-0.2, 0) is 4.79 Å². The highest BCUT2D eigenvalue weighted by molar-refractivity contribution is 6.34. The first kappa shape index (κ1) is 21.3. The topological polar surface area (TPSA) is 72.9 Å². The van der Waals surface area contributed by atoms with Crippen LogP contribution in [0, 0.1) is 11.8 Å². The van der Waals surface area contributed by atoms with E-state index < -0.39 is 17.4 Å². The monoisotopic (exact) mass is 443 g/mol. The van der Waals surface area contributed by atoms with E-state index in [0.29, 0.717) is 34.7 Å². The van der Waals surface area contributed by atoms with Crippen molar-refractivity contribution in [1.29, 1.82) is 0 Å². The molecule has 2 aliphatic carbocycles. The smallest absolute Gasteiger partial charge is 0.192 e. The molecular formula is C27H25NO5. The largest absolute Gasteiger partial charge is 0.493 e. The molecule has 1 aliphatic heterocycles. The van der Waals surface area contributed by atoms with Crippen LogP contribution in [0.25, 0.3) is 0 Å². The first-order chi connectivity index (χ1) is 15.9. The Labute approximate surface area is 192 Å². The van der Waals surface area contributed by atoms with Gasteiger partial charge in [-0.05, 0) is 24.7 Å². The third-order valence-electron chi connectivity index (χ3n) is 7.24. The number of ether oxygens (including phenoxy) is 2. The molecule has 0 unspecified atom stereocenters. The Bertz CT molecular complexity index is 1180. The van der Waals surface area contributed by atoms with E-state index in [1.165, 1.54) is 7.11 Å². The predicted octanol–water partition coefficient (Wildman–Crippen LogP) is 3.48. The number of allylic oxidation sites excluding steroid dienone is 4. The molecular weight excluding hydrogens is 418 g/mol. The number of hydrogen-bond acceptors (Lipinski definition) is 6. The molecule has 3 aliphatic rings. The van der Waals surface area contributed by atoms with Gasteiger partial charge in [0, 0.05) is 29.5 Å². The molecule has 0 bridgehead atoms. The summed E-state index contributed by atoms with van der Waals surface area (Å²) < 4.78 is 10.9. The molecule has 0 radical (unpaired) electrons. The van der Waals surface area contributed by atoms with Gasteiger partial charge in [0.15, 0.2) is 28.6 Å². The van der Waals surface area contributed by atoms with Gasteiger partial charge in [-0.25, -0.2) is 0 Å². The van der Waals surface area contributed by atoms with Crippen LogP contribution in [0.4, 0.5) is 0 Å². The van der Waals surface area contributed by atoms with Crippen molar-refractivity contribution in [2.24, 2.45) is 11.8 Å². The number of methoxy groups -OCH3 is 2. The fraction of sp³-hybridized carbons (Fsp3) is 0.296. The van der Waals surface area contributed by atoms with Gasteiger partial charge in [0.1, 0.15) is 5.78 Å². The second kappa shape index (κ2) is 7.81. The Hall–Kier alpha value is -3.51. The maximum Gasteiger partial charge on any atom is 0.192 e. The Kier molecular flexibility index (Phi) is 5.05. The summed E-state index contributed by atoms with van der Waals surface area (Å²) >= 11 is 0. The van der Waals surface area contributed by atoms with Crippen LogP contribution in [0.3, 0.4) is 0 Å². The highest BCUT2D eigenvalue weighted by Gasteiger charge is 2.67. The highest BCUT2D eigenvalue weighted by Crippen LogP contribution is 2.53. The fourth-order valence-electron chi connectivity index (χ4n) is 5.74. The van der Waals surface area contributed by atoms with Crippen molar-refractivity contribution < 1.29 is 23.9 Å². The lowest BCUT2D eigenvalue weighted by Crippen LogP contribution is -2.54. The molecule has 0 saturated carbocycles. The molecule has 1 heterocycles. The Morgan fingerprint density at radius 1 is 0.939 bits per heavy atom. The van der Waals surface area contributed by atoms with Gasteiger partial charge >= 0.3 is 0 Å². The van der Waals surface area contributed by atoms with Crippen LogP contribution in [0.1, 0.15) is 32.2 Å². The number of likely N-dealkylation sites (tertiary alicyclic amines) is 1. The summed E-state index contributed by atoms with van der Waals surface area (Å²) in [6.45, 7) is 0.307. The van der Waals surface area contributed by atoms with Gasteiger partial charge in [0.2, 0.25) is 0 Å². The van der Waals surface area contributed by atoms with Crippen LogP contribution >= 0.6 is 0 Å². The van der Waals surface area contributed by atoms with E-state index in [-0.39, 0.29) is 23.3 Å². The average Bonchev–Trinajstić information content (AvgIpc) is 3.53. The summed E-state index contributed by atoms with van der Waals surface area (Å²) in [5.74, 6) is -1.05. The van der Waals surface area contributed by atoms with Crippen molar-refractivity contribution in [3.63, 3.8) is 0 Å². The number of benzene rings is 2. The van der Waals surface area contributed by atoms with Gasteiger partial charge in [0.05, 0.1) is 20.1 Å². The molecule has 2 atom stereocenters. The van der Waals surface area contributed by atoms with Crippen molar-refractivity contribution >= 4 is 17.3 Å². The van der Waals surface area contributed by atoms with E-state index in [1.807, 2.05) is 30.4 Å². The lowest BCUT2D eigenvalue weighted by molar-refractivity contribution is -0.124. The molecule has 0 aromatic heterocycles. The van der Waals surface area contributed by atoms with Crippen molar-refractivity contribution in [3.05, 3.63) is 83.5 Å². The van der Waals surface area contributed by atoms with Gasteiger partial charge in [-0.3, -0.25) is 19.3 Å². The molecule has 2 aromatic rings. The maximum atomic E-state index is 13.9. The molecule has 1 fully saturated rings. The normalized spacial score (nSPS) is 23.5. The molecule has 5 rings (SSSR count). The van der Waals surface area contributed by atoms with Crippen molar-refractivity contribution in [3.8, 4) is 11.5 Å². The number of ketones is 3. The third kappa shape index (κ3) is 2.87. The lowest BCUT2D eigenvalue weighted by atomic mass is 9.70. The number of rotatable bonds is 5. The molecule has 2 aromatic carbocycles. The number of carbonyl (C=O) groups excluding carboxylic acids is 3. The minimum Gasteiger partial charge on any atom is -0.493 e. The number of fused-ring (bicyclic) bond motifs is 1. The standard InChI is InChI=1S/C27H25NO5/c1-28-15-20(24(29)16-8-4-5-9-16)23(17-12-13-21(32-2)22(14-17)33-3)27(28)25(30)18-10-6-7-11-19(18)26(27)31/h4-14,16,20,23H,15H2,1-3H3/t20-,23+/m1/s1. The molecule has 168 valence electrons. The molecule has 6 nitrogen and oxygen atoms in total. The minimum absolute atomic E-state index is 0.0000611. The summed E-state index contributed by atoms with van der Waals surface area (Å²) in [4.78, 5) is 43.3. The molecule has 6 heteroatoms. The Morgan fingerprint density at radius 3 is 2.12 bits per heavy atom. The zero-order chi connectivity index (χ0) is 23.3. The second-order valence-electron chi connectivity index (χ2n) is 8.75. The van der Waals surface area contributed by atoms with Crippen molar-refractivity contribution in [2.75, 3.05) is 27.8 Å². The fourth-order valence-corrected chi connectivity index (χ4v) is 5.74. The maximum absolute atomic E-state index is 13.9. The van der Waals surface area contributed by atoms with Crippen LogP contribution in [-0.4, -0.2) is 55.6 Å². The van der Waals surface area contributed by atoms with Crippen LogP contribution in [0.15, 0.2) is 66.8 Å². The number of Topliss-reactive ketones (excluding diaryl/α,β-unsaturated/α-hetero) is 3. The van der Waals surface area contributed by atoms with Gasteiger partial charge in [-0.1, -0.05) is 54.6 Å². The number of hydrogen-bond donors (Lipinski definition) is 0. The van der Waals surface area contributed by atoms with Crippen LogP contribution in [0.2, 0.25) is 0 Å². The van der Waals surface area contributed by atoms with E-state index in [4.69, 9.17) is 9.47 Å². The summed E-state index contributed by atoms with van der Waals surface area (Å²) in [6, 6.07) is 12.3. The first-order valence-electron chi connectivity index (χ1n) is 11.0. The first-order valence-corrected chi connectivity index (χ1v) is 11.0. The number of carbonyl (C=O) groups is 3. The zero-order valence-electron chi connectivity index (χ0n) is 18.8. The van der Waals surface area contributed by atoms with Gasteiger partial charge in [0.25, 0.3) is 0 Å². The van der Waals surface area contributed by atoms with Crippen LogP contribution in [0.5, 0.6) is 11.5 Å². The summed E-state index contributed by atoms with van der Waals surface area (Å²) in [5, 5.41) is 0. The number of likely N-dealkylation sites (N-methyl/N-ethyl adjacent to an activating group) is 1. The molecule has 0 N–H and O–H groups in total. The van der Waals surface area contributed by atoms with E-state index >= 15 is 0 Å². The van der Waals surface area contributed by atoms with E-state index in [2.05, 4.69) is 0 Å². The average molecular weight is 443 g/mol. The summed E-state index contributed by atoms with van der Waals surface area (Å²) in [7, 11) is 4.85. The van der Waals surface area contributed by atoms with Crippen molar-refractivity contribution in [2.45, 2.75) is 11.5 Å². The minimum atomic E-state index is -1.48. The molecule has 33 heavy (non-hydrogen) atoms. The van der Waals surface area contributed by atoms with Crippen LogP contribution < -0.4 is 9.47 Å². The Balaban J connectivity index is 1.71. The van der Waals surface area contributed by atoms with Gasteiger partial charge in [-0.2, -0.15) is 0 Å². The molecule has 1 spiro atoms. The second-order valence-corrected chi connectivity index (χ2v) is 8.75. The molecule has 0 amide bonds.